The third-order valence-electron chi connectivity index (χ3n) is 4.51. The van der Waals surface area contributed by atoms with Gasteiger partial charge in [0.15, 0.2) is 0 Å². The summed E-state index contributed by atoms with van der Waals surface area (Å²) in [5.41, 5.74) is 1.33. The molecule has 3 rings (SSSR count). The second-order valence-electron chi connectivity index (χ2n) is 6.07. The minimum absolute atomic E-state index is 0.306. The van der Waals surface area contributed by atoms with Crippen LogP contribution in [0.15, 0.2) is 47.6 Å². The second-order valence-corrected chi connectivity index (χ2v) is 8.01. The van der Waals surface area contributed by atoms with E-state index in [2.05, 4.69) is 29.4 Å². The van der Waals surface area contributed by atoms with Gasteiger partial charge in [-0.2, -0.15) is 9.40 Å². The maximum Gasteiger partial charge on any atom is 0.246 e. The van der Waals surface area contributed by atoms with Crippen molar-refractivity contribution in [3.8, 4) is 0 Å². The molecule has 1 aromatic carbocycles. The molecule has 0 aliphatic carbocycles. The van der Waals surface area contributed by atoms with Crippen LogP contribution in [0.2, 0.25) is 0 Å². The van der Waals surface area contributed by atoms with E-state index in [4.69, 9.17) is 0 Å². The molecule has 0 saturated carbocycles. The second kappa shape index (κ2) is 6.84. The number of aryl methyl sites for hydroxylation is 1. The molecule has 0 unspecified atom stereocenters. The van der Waals surface area contributed by atoms with Crippen LogP contribution in [-0.2, 0) is 23.0 Å². The Morgan fingerprint density at radius 3 is 2.48 bits per heavy atom. The van der Waals surface area contributed by atoms with Gasteiger partial charge < -0.3 is 0 Å². The summed E-state index contributed by atoms with van der Waals surface area (Å²) >= 11 is 0. The summed E-state index contributed by atoms with van der Waals surface area (Å²) in [7, 11) is -3.40. The van der Waals surface area contributed by atoms with Gasteiger partial charge in [0.25, 0.3) is 0 Å². The zero-order valence-corrected chi connectivity index (χ0v) is 14.2. The van der Waals surface area contributed by atoms with E-state index in [1.165, 1.54) is 11.8 Å². The molecule has 0 N–H and O–H groups in total. The van der Waals surface area contributed by atoms with E-state index >= 15 is 0 Å². The molecule has 124 valence electrons. The summed E-state index contributed by atoms with van der Waals surface area (Å²) in [5, 5.41) is 4.08. The lowest BCUT2D eigenvalue weighted by atomic mass is 9.91. The van der Waals surface area contributed by atoms with E-state index < -0.39 is 10.0 Å². The predicted octanol–water partition coefficient (Wildman–Crippen LogP) is 2.55. The lowest BCUT2D eigenvalue weighted by Crippen LogP contribution is -2.38. The molecule has 0 radical (unpaired) electrons. The number of aromatic nitrogens is 2. The summed E-state index contributed by atoms with van der Waals surface area (Å²) in [6.07, 6.45) is 5.93. The number of hydrogen-bond acceptors (Lipinski definition) is 3. The van der Waals surface area contributed by atoms with Crippen LogP contribution in [0.5, 0.6) is 0 Å². The summed E-state index contributed by atoms with van der Waals surface area (Å²) in [4.78, 5) is 0.306. The Labute approximate surface area is 138 Å². The SMILES string of the molecule is CCn1cc(S(=O)(=O)N2CCC(Cc3ccccc3)CC2)cn1. The predicted molar refractivity (Wildman–Crippen MR) is 89.5 cm³/mol. The number of nitrogens with zero attached hydrogens (tertiary/aromatic N) is 3. The van der Waals surface area contributed by atoms with E-state index in [0.29, 0.717) is 30.4 Å². The first-order valence-corrected chi connectivity index (χ1v) is 9.60. The molecule has 1 aliphatic heterocycles. The molecule has 23 heavy (non-hydrogen) atoms. The van der Waals surface area contributed by atoms with Crippen LogP contribution >= 0.6 is 0 Å². The van der Waals surface area contributed by atoms with Gasteiger partial charge in [-0.25, -0.2) is 8.42 Å². The van der Waals surface area contributed by atoms with Gasteiger partial charge >= 0.3 is 0 Å². The molecule has 2 heterocycles. The maximum atomic E-state index is 12.7. The molecule has 0 atom stereocenters. The minimum atomic E-state index is -3.40. The van der Waals surface area contributed by atoms with Gasteiger partial charge in [-0.1, -0.05) is 30.3 Å². The zero-order valence-electron chi connectivity index (χ0n) is 13.4. The number of benzene rings is 1. The van der Waals surface area contributed by atoms with Gasteiger partial charge in [0.05, 0.1) is 6.20 Å². The Kier molecular flexibility index (Phi) is 4.82. The Morgan fingerprint density at radius 1 is 1.17 bits per heavy atom. The Balaban J connectivity index is 1.62. The van der Waals surface area contributed by atoms with Crippen LogP contribution in [0.4, 0.5) is 0 Å². The first-order chi connectivity index (χ1) is 11.1. The fraction of sp³-hybridized carbons (Fsp3) is 0.471. The molecule has 6 heteroatoms. The highest BCUT2D eigenvalue weighted by Gasteiger charge is 2.30. The molecule has 5 nitrogen and oxygen atoms in total. The smallest absolute Gasteiger partial charge is 0.246 e. The largest absolute Gasteiger partial charge is 0.272 e. The standard InChI is InChI=1S/C17H23N3O2S/c1-2-19-14-17(13-18-19)23(21,22)20-10-8-16(9-11-20)12-15-6-4-3-5-7-15/h3-7,13-14,16H,2,8-12H2,1H3. The average Bonchev–Trinajstić information content (AvgIpc) is 3.06. The molecular weight excluding hydrogens is 310 g/mol. The molecule has 1 aromatic heterocycles. The van der Waals surface area contributed by atoms with Crippen LogP contribution in [0.3, 0.4) is 0 Å². The van der Waals surface area contributed by atoms with Crippen molar-refractivity contribution in [1.82, 2.24) is 14.1 Å². The quantitative estimate of drug-likeness (QED) is 0.845. The zero-order chi connectivity index (χ0) is 16.3. The van der Waals surface area contributed by atoms with Gasteiger partial charge in [-0.15, -0.1) is 0 Å². The Hall–Kier alpha value is -1.66. The molecular formula is C17H23N3O2S. The summed E-state index contributed by atoms with van der Waals surface area (Å²) < 4.78 is 28.6. The van der Waals surface area contributed by atoms with Crippen molar-refractivity contribution in [2.75, 3.05) is 13.1 Å². The topological polar surface area (TPSA) is 55.2 Å². The number of sulfonamides is 1. The summed E-state index contributed by atoms with van der Waals surface area (Å²) in [5.74, 6) is 0.558. The molecule has 0 amide bonds. The van der Waals surface area contributed by atoms with E-state index in [0.717, 1.165) is 19.3 Å². The number of rotatable bonds is 5. The normalized spacial score (nSPS) is 17.4. The highest BCUT2D eigenvalue weighted by atomic mass is 32.2. The Bertz CT molecular complexity index is 732. The van der Waals surface area contributed by atoms with Crippen molar-refractivity contribution >= 4 is 10.0 Å². The van der Waals surface area contributed by atoms with Crippen LogP contribution < -0.4 is 0 Å². The minimum Gasteiger partial charge on any atom is -0.272 e. The summed E-state index contributed by atoms with van der Waals surface area (Å²) in [6.45, 7) is 3.81. The van der Waals surface area contributed by atoms with Crippen LogP contribution in [0, 0.1) is 5.92 Å². The first kappa shape index (κ1) is 16.2. The molecule has 1 aliphatic rings. The fourth-order valence-electron chi connectivity index (χ4n) is 3.10. The highest BCUT2D eigenvalue weighted by Crippen LogP contribution is 2.26. The number of piperidine rings is 1. The summed E-state index contributed by atoms with van der Waals surface area (Å²) in [6, 6.07) is 10.4. The molecule has 1 saturated heterocycles. The third-order valence-corrected chi connectivity index (χ3v) is 6.36. The fourth-order valence-corrected chi connectivity index (χ4v) is 4.53. The number of hydrogen-bond donors (Lipinski definition) is 0. The van der Waals surface area contributed by atoms with Crippen molar-refractivity contribution < 1.29 is 8.42 Å². The highest BCUT2D eigenvalue weighted by molar-refractivity contribution is 7.89. The molecule has 1 fully saturated rings. The maximum absolute atomic E-state index is 12.7. The van der Waals surface area contributed by atoms with E-state index in [1.807, 2.05) is 13.0 Å². The van der Waals surface area contributed by atoms with Crippen molar-refractivity contribution in [2.45, 2.75) is 37.6 Å². The molecule has 0 spiro atoms. The van der Waals surface area contributed by atoms with Gasteiger partial charge in [0, 0.05) is 25.8 Å². The van der Waals surface area contributed by atoms with Crippen molar-refractivity contribution in [1.29, 1.82) is 0 Å². The van der Waals surface area contributed by atoms with Crippen LogP contribution in [0.25, 0.3) is 0 Å². The van der Waals surface area contributed by atoms with Gasteiger partial charge in [-0.3, -0.25) is 4.68 Å². The van der Waals surface area contributed by atoms with E-state index in [1.54, 1.807) is 15.2 Å². The van der Waals surface area contributed by atoms with Crippen molar-refractivity contribution in [3.05, 3.63) is 48.3 Å². The van der Waals surface area contributed by atoms with Gasteiger partial charge in [0.1, 0.15) is 4.90 Å². The first-order valence-electron chi connectivity index (χ1n) is 8.16. The Morgan fingerprint density at radius 2 is 1.87 bits per heavy atom. The monoisotopic (exact) mass is 333 g/mol. The lowest BCUT2D eigenvalue weighted by molar-refractivity contribution is 0.273. The van der Waals surface area contributed by atoms with Crippen molar-refractivity contribution in [2.24, 2.45) is 5.92 Å². The van der Waals surface area contributed by atoms with Gasteiger partial charge in [0.2, 0.25) is 10.0 Å². The molecule has 2 aromatic rings. The van der Waals surface area contributed by atoms with E-state index in [-0.39, 0.29) is 0 Å². The van der Waals surface area contributed by atoms with Gasteiger partial charge in [-0.05, 0) is 37.7 Å². The third kappa shape index (κ3) is 3.64. The van der Waals surface area contributed by atoms with Crippen LogP contribution in [0.1, 0.15) is 25.3 Å². The lowest BCUT2D eigenvalue weighted by Gasteiger charge is -2.30. The average molecular weight is 333 g/mol. The van der Waals surface area contributed by atoms with E-state index in [9.17, 15) is 8.42 Å². The molecule has 0 bridgehead atoms. The van der Waals surface area contributed by atoms with Crippen LogP contribution in [-0.4, -0.2) is 35.6 Å². The van der Waals surface area contributed by atoms with Crippen molar-refractivity contribution in [3.63, 3.8) is 0 Å².